The zero-order chi connectivity index (χ0) is 15.9. The molecule has 2 aromatic rings. The first-order valence-corrected chi connectivity index (χ1v) is 8.34. The fraction of sp³-hybridized carbons (Fsp3) is 0.500. The second-order valence-electron chi connectivity index (χ2n) is 6.73. The summed E-state index contributed by atoms with van der Waals surface area (Å²) in [6, 6.07) is 12.5. The molecule has 120 valence electrons. The number of hydrogen-bond donors (Lipinski definition) is 0. The monoisotopic (exact) mass is 300 g/mol. The van der Waals surface area contributed by atoms with Crippen molar-refractivity contribution in [3.8, 4) is 11.5 Å². The average molecular weight is 300 g/mol. The summed E-state index contributed by atoms with van der Waals surface area (Å²) in [6.45, 7) is 10.4. The van der Waals surface area contributed by atoms with Crippen molar-refractivity contribution in [1.29, 1.82) is 0 Å². The highest BCUT2D eigenvalue weighted by Gasteiger charge is 2.02. The minimum absolute atomic E-state index is 0.668. The molecule has 0 aliphatic carbocycles. The smallest absolute Gasteiger partial charge is 0.119 e. The zero-order valence-electron chi connectivity index (χ0n) is 14.3. The van der Waals surface area contributed by atoms with E-state index in [9.17, 15) is 0 Å². The third kappa shape index (κ3) is 5.25. The summed E-state index contributed by atoms with van der Waals surface area (Å²) in [5, 5.41) is 2.39. The van der Waals surface area contributed by atoms with Crippen molar-refractivity contribution < 1.29 is 9.47 Å². The molecule has 0 N–H and O–H groups in total. The summed E-state index contributed by atoms with van der Waals surface area (Å²) in [7, 11) is 0. The Morgan fingerprint density at radius 1 is 0.682 bits per heavy atom. The van der Waals surface area contributed by atoms with Crippen LogP contribution in [0, 0.1) is 11.8 Å². The summed E-state index contributed by atoms with van der Waals surface area (Å²) in [5.41, 5.74) is 0. The van der Waals surface area contributed by atoms with Crippen molar-refractivity contribution in [2.24, 2.45) is 11.8 Å². The van der Waals surface area contributed by atoms with E-state index < -0.39 is 0 Å². The van der Waals surface area contributed by atoms with Crippen LogP contribution in [0.15, 0.2) is 36.4 Å². The maximum atomic E-state index is 5.84. The molecule has 0 saturated heterocycles. The topological polar surface area (TPSA) is 18.5 Å². The molecule has 0 unspecified atom stereocenters. The van der Waals surface area contributed by atoms with Gasteiger partial charge in [-0.25, -0.2) is 0 Å². The van der Waals surface area contributed by atoms with Crippen LogP contribution in [0.25, 0.3) is 10.8 Å². The molecule has 0 aliphatic heterocycles. The van der Waals surface area contributed by atoms with Crippen LogP contribution in [0.3, 0.4) is 0 Å². The van der Waals surface area contributed by atoms with Crippen LogP contribution < -0.4 is 9.47 Å². The molecule has 2 nitrogen and oxygen atoms in total. The van der Waals surface area contributed by atoms with Crippen LogP contribution in [-0.4, -0.2) is 13.2 Å². The van der Waals surface area contributed by atoms with Gasteiger partial charge in [0.2, 0.25) is 0 Å². The minimum atomic E-state index is 0.668. The van der Waals surface area contributed by atoms with Crippen molar-refractivity contribution >= 4 is 10.8 Å². The van der Waals surface area contributed by atoms with Gasteiger partial charge in [0.05, 0.1) is 13.2 Å². The highest BCUT2D eigenvalue weighted by molar-refractivity contribution is 5.85. The van der Waals surface area contributed by atoms with Crippen LogP contribution in [0.5, 0.6) is 11.5 Å². The molecule has 0 fully saturated rings. The quantitative estimate of drug-likeness (QED) is 0.623. The van der Waals surface area contributed by atoms with E-state index in [-0.39, 0.29) is 0 Å². The van der Waals surface area contributed by atoms with E-state index in [1.807, 2.05) is 12.1 Å². The Kier molecular flexibility index (Phi) is 6.11. The average Bonchev–Trinajstić information content (AvgIpc) is 2.46. The van der Waals surface area contributed by atoms with Crippen LogP contribution in [-0.2, 0) is 0 Å². The first-order valence-electron chi connectivity index (χ1n) is 8.34. The highest BCUT2D eigenvalue weighted by atomic mass is 16.5. The molecule has 0 aliphatic rings. The summed E-state index contributed by atoms with van der Waals surface area (Å²) < 4.78 is 11.7. The predicted molar refractivity (Wildman–Crippen MR) is 93.8 cm³/mol. The Labute approximate surface area is 134 Å². The molecule has 0 saturated carbocycles. The van der Waals surface area contributed by atoms with E-state index in [1.54, 1.807) is 0 Å². The maximum Gasteiger partial charge on any atom is 0.119 e. The van der Waals surface area contributed by atoms with E-state index in [4.69, 9.17) is 9.47 Å². The molecule has 2 heteroatoms. The molecule has 2 rings (SSSR count). The van der Waals surface area contributed by atoms with Gasteiger partial charge in [-0.15, -0.1) is 0 Å². The van der Waals surface area contributed by atoms with Crippen LogP contribution in [0.2, 0.25) is 0 Å². The number of ether oxygens (including phenoxy) is 2. The van der Waals surface area contributed by atoms with Crippen molar-refractivity contribution in [2.75, 3.05) is 13.2 Å². The van der Waals surface area contributed by atoms with Gasteiger partial charge in [0.15, 0.2) is 0 Å². The van der Waals surface area contributed by atoms with Crippen LogP contribution >= 0.6 is 0 Å². The zero-order valence-corrected chi connectivity index (χ0v) is 14.3. The van der Waals surface area contributed by atoms with E-state index >= 15 is 0 Å². The minimum Gasteiger partial charge on any atom is -0.494 e. The van der Waals surface area contributed by atoms with Crippen molar-refractivity contribution in [3.05, 3.63) is 36.4 Å². The number of benzene rings is 2. The van der Waals surface area contributed by atoms with Gasteiger partial charge in [0, 0.05) is 0 Å². The number of rotatable bonds is 8. The van der Waals surface area contributed by atoms with E-state index in [1.165, 1.54) is 10.8 Å². The highest BCUT2D eigenvalue weighted by Crippen LogP contribution is 2.25. The van der Waals surface area contributed by atoms with Gasteiger partial charge in [-0.3, -0.25) is 0 Å². The molecule has 0 spiro atoms. The number of hydrogen-bond acceptors (Lipinski definition) is 2. The Balaban J connectivity index is 2.02. The summed E-state index contributed by atoms with van der Waals surface area (Å²) in [6.07, 6.45) is 2.16. The second kappa shape index (κ2) is 8.07. The molecule has 0 atom stereocenters. The number of fused-ring (bicyclic) bond motifs is 1. The molecular formula is C20H28O2. The van der Waals surface area contributed by atoms with Gasteiger partial charge < -0.3 is 9.47 Å². The lowest BCUT2D eigenvalue weighted by atomic mass is 10.1. The van der Waals surface area contributed by atoms with E-state index in [0.29, 0.717) is 11.8 Å². The molecule has 2 aromatic carbocycles. The molecule has 0 amide bonds. The normalized spacial score (nSPS) is 11.4. The van der Waals surface area contributed by atoms with Crippen molar-refractivity contribution in [1.82, 2.24) is 0 Å². The fourth-order valence-corrected chi connectivity index (χ4v) is 2.21. The van der Waals surface area contributed by atoms with Crippen LogP contribution in [0.1, 0.15) is 40.5 Å². The van der Waals surface area contributed by atoms with Crippen LogP contribution in [0.4, 0.5) is 0 Å². The Bertz CT molecular complexity index is 539. The predicted octanol–water partition coefficient (Wildman–Crippen LogP) is 5.69. The van der Waals surface area contributed by atoms with E-state index in [0.717, 1.165) is 37.6 Å². The van der Waals surface area contributed by atoms with E-state index in [2.05, 4.69) is 52.0 Å². The molecule has 0 aromatic heterocycles. The SMILES string of the molecule is CC(C)CCOc1ccc2ccc(OCCC(C)C)cc2c1. The molecule has 0 bridgehead atoms. The molecule has 22 heavy (non-hydrogen) atoms. The molecular weight excluding hydrogens is 272 g/mol. The second-order valence-corrected chi connectivity index (χ2v) is 6.73. The largest absolute Gasteiger partial charge is 0.494 e. The third-order valence-corrected chi connectivity index (χ3v) is 3.71. The summed E-state index contributed by atoms with van der Waals surface area (Å²) in [5.74, 6) is 3.21. The lowest BCUT2D eigenvalue weighted by Gasteiger charge is -2.11. The third-order valence-electron chi connectivity index (χ3n) is 3.71. The lowest BCUT2D eigenvalue weighted by molar-refractivity contribution is 0.289. The first-order chi connectivity index (χ1) is 10.5. The maximum absolute atomic E-state index is 5.84. The Hall–Kier alpha value is -1.70. The van der Waals surface area contributed by atoms with Crippen molar-refractivity contribution in [2.45, 2.75) is 40.5 Å². The van der Waals surface area contributed by atoms with Gasteiger partial charge in [-0.1, -0.05) is 39.8 Å². The Morgan fingerprint density at radius 3 is 1.55 bits per heavy atom. The van der Waals surface area contributed by atoms with Gasteiger partial charge in [-0.2, -0.15) is 0 Å². The standard InChI is InChI=1S/C20H28O2/c1-15(2)9-11-21-19-7-5-17-6-8-20(14-18(17)13-19)22-12-10-16(3)4/h5-8,13-16H,9-12H2,1-4H3. The van der Waals surface area contributed by atoms with Gasteiger partial charge in [0.25, 0.3) is 0 Å². The summed E-state index contributed by atoms with van der Waals surface area (Å²) in [4.78, 5) is 0. The van der Waals surface area contributed by atoms with Gasteiger partial charge >= 0.3 is 0 Å². The Morgan fingerprint density at radius 2 is 1.14 bits per heavy atom. The van der Waals surface area contributed by atoms with Gasteiger partial charge in [-0.05, 0) is 59.7 Å². The fourth-order valence-electron chi connectivity index (χ4n) is 2.21. The van der Waals surface area contributed by atoms with Gasteiger partial charge in [0.1, 0.15) is 11.5 Å². The summed E-state index contributed by atoms with van der Waals surface area (Å²) >= 11 is 0. The first kappa shape index (κ1) is 16.7. The molecule has 0 heterocycles. The van der Waals surface area contributed by atoms with Crippen molar-refractivity contribution in [3.63, 3.8) is 0 Å². The molecule has 0 radical (unpaired) electrons. The lowest BCUT2D eigenvalue weighted by Crippen LogP contribution is -2.01.